The Bertz CT molecular complexity index is 772. The molecule has 0 radical (unpaired) electrons. The number of aromatic nitrogens is 2. The van der Waals surface area contributed by atoms with Crippen LogP contribution >= 0.6 is 0 Å². The molecule has 2 aliphatic heterocycles. The first-order valence-electron chi connectivity index (χ1n) is 8.27. The van der Waals surface area contributed by atoms with Gasteiger partial charge in [0.05, 0.1) is 10.9 Å². The topological polar surface area (TPSA) is 44.6 Å². The summed E-state index contributed by atoms with van der Waals surface area (Å²) < 4.78 is 1.68. The van der Waals surface area contributed by atoms with Crippen molar-refractivity contribution >= 4 is 16.9 Å². The number of hydrogen-bond donors (Lipinski definition) is 0. The van der Waals surface area contributed by atoms with Crippen molar-refractivity contribution in [2.75, 3.05) is 51.2 Å². The monoisotopic (exact) mass is 313 g/mol. The van der Waals surface area contributed by atoms with Gasteiger partial charge < -0.3 is 9.80 Å². The number of fused-ring (bicyclic) bond motifs is 1. The Labute approximate surface area is 135 Å². The van der Waals surface area contributed by atoms with Crippen molar-refractivity contribution in [1.82, 2.24) is 19.4 Å². The van der Waals surface area contributed by atoms with Gasteiger partial charge in [-0.2, -0.15) is 0 Å². The number of hydrogen-bond acceptors (Lipinski definition) is 5. The highest BCUT2D eigenvalue weighted by Gasteiger charge is 2.35. The van der Waals surface area contributed by atoms with E-state index in [0.29, 0.717) is 11.4 Å². The Balaban J connectivity index is 1.53. The fraction of sp³-hybridized carbons (Fsp3) is 0.529. The molecule has 2 saturated heterocycles. The van der Waals surface area contributed by atoms with Crippen LogP contribution in [0.2, 0.25) is 0 Å². The van der Waals surface area contributed by atoms with E-state index in [0.717, 1.165) is 50.7 Å². The molecule has 2 aliphatic rings. The molecular formula is C17H23N5O. The van der Waals surface area contributed by atoms with E-state index in [9.17, 15) is 4.79 Å². The average Bonchev–Trinajstić information content (AvgIpc) is 2.52. The lowest BCUT2D eigenvalue weighted by atomic mass is 10.1. The standard InChI is InChI=1S/C17H23N5O/c1-19-7-9-21(10-8-19)13-11-22(12-13)17-18-15-6-4-3-5-14(15)16(23)20(17)2/h3-6,13H,7-12H2,1-2H3. The Hall–Kier alpha value is -1.92. The molecule has 0 N–H and O–H groups in total. The van der Waals surface area contributed by atoms with Crippen LogP contribution in [0.15, 0.2) is 29.1 Å². The largest absolute Gasteiger partial charge is 0.339 e. The minimum Gasteiger partial charge on any atom is -0.339 e. The van der Waals surface area contributed by atoms with Gasteiger partial charge in [0, 0.05) is 52.4 Å². The zero-order valence-corrected chi connectivity index (χ0v) is 13.8. The van der Waals surface area contributed by atoms with Crippen LogP contribution in [0.1, 0.15) is 0 Å². The summed E-state index contributed by atoms with van der Waals surface area (Å²) in [5.74, 6) is 0.791. The van der Waals surface area contributed by atoms with Crippen molar-refractivity contribution in [2.24, 2.45) is 7.05 Å². The molecule has 0 bridgehead atoms. The molecule has 0 atom stereocenters. The Morgan fingerprint density at radius 2 is 1.74 bits per heavy atom. The summed E-state index contributed by atoms with van der Waals surface area (Å²) in [6.07, 6.45) is 0. The SMILES string of the molecule is CN1CCN(C2CN(c3nc4ccccc4c(=O)n3C)C2)CC1. The summed E-state index contributed by atoms with van der Waals surface area (Å²) in [5.41, 5.74) is 0.822. The first-order chi connectivity index (χ1) is 11.1. The van der Waals surface area contributed by atoms with Gasteiger partial charge in [0.2, 0.25) is 5.95 Å². The van der Waals surface area contributed by atoms with E-state index in [4.69, 9.17) is 4.98 Å². The summed E-state index contributed by atoms with van der Waals surface area (Å²) in [7, 11) is 4.00. The third kappa shape index (κ3) is 2.52. The van der Waals surface area contributed by atoms with Gasteiger partial charge in [-0.25, -0.2) is 4.98 Å². The first-order valence-corrected chi connectivity index (χ1v) is 8.27. The summed E-state index contributed by atoms with van der Waals surface area (Å²) in [4.78, 5) is 24.4. The molecule has 0 amide bonds. The van der Waals surface area contributed by atoms with E-state index in [1.54, 1.807) is 4.57 Å². The van der Waals surface area contributed by atoms with Gasteiger partial charge in [0.25, 0.3) is 5.56 Å². The number of nitrogens with zero attached hydrogens (tertiary/aromatic N) is 5. The number of piperazine rings is 1. The maximum Gasteiger partial charge on any atom is 0.262 e. The van der Waals surface area contributed by atoms with Crippen LogP contribution in [0.4, 0.5) is 5.95 Å². The molecule has 6 nitrogen and oxygen atoms in total. The molecule has 2 aromatic rings. The third-order valence-corrected chi connectivity index (χ3v) is 5.16. The van der Waals surface area contributed by atoms with Crippen molar-refractivity contribution in [2.45, 2.75) is 6.04 Å². The van der Waals surface area contributed by atoms with Gasteiger partial charge in [0.15, 0.2) is 0 Å². The second kappa shape index (κ2) is 5.62. The fourth-order valence-electron chi connectivity index (χ4n) is 3.53. The molecule has 0 aliphatic carbocycles. The van der Waals surface area contributed by atoms with Crippen molar-refractivity contribution in [3.63, 3.8) is 0 Å². The van der Waals surface area contributed by atoms with E-state index in [1.165, 1.54) is 0 Å². The molecule has 1 aromatic heterocycles. The summed E-state index contributed by atoms with van der Waals surface area (Å²) in [6.45, 7) is 6.48. The number of benzene rings is 1. The van der Waals surface area contributed by atoms with Crippen molar-refractivity contribution in [3.05, 3.63) is 34.6 Å². The molecule has 0 unspecified atom stereocenters. The second-order valence-electron chi connectivity index (χ2n) is 6.69. The maximum absolute atomic E-state index is 12.5. The molecule has 122 valence electrons. The van der Waals surface area contributed by atoms with Gasteiger partial charge in [-0.1, -0.05) is 12.1 Å². The lowest BCUT2D eigenvalue weighted by molar-refractivity contribution is 0.0955. The van der Waals surface area contributed by atoms with Crippen molar-refractivity contribution < 1.29 is 0 Å². The zero-order valence-electron chi connectivity index (χ0n) is 13.8. The molecule has 2 fully saturated rings. The van der Waals surface area contributed by atoms with Crippen LogP contribution < -0.4 is 10.5 Å². The molecule has 23 heavy (non-hydrogen) atoms. The molecule has 4 rings (SSSR count). The Kier molecular flexibility index (Phi) is 3.58. The fourth-order valence-corrected chi connectivity index (χ4v) is 3.53. The van der Waals surface area contributed by atoms with Crippen LogP contribution in [-0.4, -0.2) is 71.7 Å². The number of para-hydroxylation sites is 1. The smallest absolute Gasteiger partial charge is 0.262 e. The van der Waals surface area contributed by atoms with E-state index in [-0.39, 0.29) is 5.56 Å². The predicted molar refractivity (Wildman–Crippen MR) is 92.1 cm³/mol. The van der Waals surface area contributed by atoms with Gasteiger partial charge in [-0.05, 0) is 19.2 Å². The molecule has 1 aromatic carbocycles. The van der Waals surface area contributed by atoms with Crippen LogP contribution in [0.5, 0.6) is 0 Å². The highest BCUT2D eigenvalue weighted by molar-refractivity contribution is 5.78. The summed E-state index contributed by atoms with van der Waals surface area (Å²) in [6, 6.07) is 8.17. The Morgan fingerprint density at radius 3 is 2.48 bits per heavy atom. The highest BCUT2D eigenvalue weighted by atomic mass is 16.1. The van der Waals surface area contributed by atoms with Gasteiger partial charge >= 0.3 is 0 Å². The van der Waals surface area contributed by atoms with Crippen LogP contribution in [-0.2, 0) is 7.05 Å². The van der Waals surface area contributed by atoms with E-state index in [1.807, 2.05) is 31.3 Å². The average molecular weight is 313 g/mol. The minimum atomic E-state index is 0.0358. The Morgan fingerprint density at radius 1 is 1.04 bits per heavy atom. The molecule has 0 spiro atoms. The van der Waals surface area contributed by atoms with E-state index < -0.39 is 0 Å². The maximum atomic E-state index is 12.5. The third-order valence-electron chi connectivity index (χ3n) is 5.16. The summed E-state index contributed by atoms with van der Waals surface area (Å²) >= 11 is 0. The second-order valence-corrected chi connectivity index (χ2v) is 6.69. The molecular weight excluding hydrogens is 290 g/mol. The summed E-state index contributed by atoms with van der Waals surface area (Å²) in [5, 5.41) is 0.690. The van der Waals surface area contributed by atoms with E-state index in [2.05, 4.69) is 21.7 Å². The highest BCUT2D eigenvalue weighted by Crippen LogP contribution is 2.23. The minimum absolute atomic E-state index is 0.0358. The van der Waals surface area contributed by atoms with Crippen LogP contribution in [0.3, 0.4) is 0 Å². The van der Waals surface area contributed by atoms with Crippen molar-refractivity contribution in [1.29, 1.82) is 0 Å². The number of likely N-dealkylation sites (N-methyl/N-ethyl adjacent to an activating group) is 1. The quantitative estimate of drug-likeness (QED) is 0.801. The number of anilines is 1. The molecule has 6 heteroatoms. The lowest BCUT2D eigenvalue weighted by Gasteiger charge is -2.48. The first kappa shape index (κ1) is 14.7. The van der Waals surface area contributed by atoms with Crippen LogP contribution in [0, 0.1) is 0 Å². The van der Waals surface area contributed by atoms with Gasteiger partial charge in [0.1, 0.15) is 0 Å². The van der Waals surface area contributed by atoms with E-state index >= 15 is 0 Å². The van der Waals surface area contributed by atoms with Crippen molar-refractivity contribution in [3.8, 4) is 0 Å². The number of rotatable bonds is 2. The van der Waals surface area contributed by atoms with Gasteiger partial charge in [-0.15, -0.1) is 0 Å². The molecule has 3 heterocycles. The molecule has 0 saturated carbocycles. The zero-order chi connectivity index (χ0) is 16.0. The normalized spacial score (nSPS) is 20.9. The van der Waals surface area contributed by atoms with Gasteiger partial charge in [-0.3, -0.25) is 14.3 Å². The lowest BCUT2D eigenvalue weighted by Crippen LogP contribution is -2.63. The van der Waals surface area contributed by atoms with Crippen LogP contribution in [0.25, 0.3) is 10.9 Å². The predicted octanol–water partition coefficient (Wildman–Crippen LogP) is 0.370.